The first-order valence-electron chi connectivity index (χ1n) is 10.3. The van der Waals surface area contributed by atoms with Gasteiger partial charge in [0.05, 0.1) is 5.52 Å². The molecule has 3 aromatic rings. The highest BCUT2D eigenvalue weighted by atomic mass is 35.5. The molecular weight excluding hydrogens is 386 g/mol. The fourth-order valence-electron chi connectivity index (χ4n) is 5.24. The molecule has 2 aromatic heterocycles. The van der Waals surface area contributed by atoms with Crippen molar-refractivity contribution >= 4 is 34.9 Å². The Morgan fingerprint density at radius 2 is 2.00 bits per heavy atom. The van der Waals surface area contributed by atoms with Crippen LogP contribution in [0.5, 0.6) is 0 Å². The number of aryl methyl sites for hydroxylation is 2. The second-order valence-corrected chi connectivity index (χ2v) is 8.48. The molecule has 1 aliphatic heterocycles. The van der Waals surface area contributed by atoms with Gasteiger partial charge in [-0.1, -0.05) is 12.1 Å². The zero-order chi connectivity index (χ0) is 19.4. The highest BCUT2D eigenvalue weighted by Gasteiger charge is 2.42. The molecule has 1 amide bonds. The molecule has 0 spiro atoms. The Bertz CT molecular complexity index is 1080. The fourth-order valence-corrected chi connectivity index (χ4v) is 5.24. The number of likely N-dealkylation sites (tertiary alicyclic amines) is 1. The summed E-state index contributed by atoms with van der Waals surface area (Å²) in [5.41, 5.74) is 11.3. The highest BCUT2D eigenvalue weighted by Crippen LogP contribution is 2.37. The number of benzene rings is 1. The van der Waals surface area contributed by atoms with E-state index in [1.165, 1.54) is 6.42 Å². The quantitative estimate of drug-likeness (QED) is 0.715. The number of nitrogens with two attached hydrogens (primary N) is 1. The first-order valence-corrected chi connectivity index (χ1v) is 10.3. The Balaban J connectivity index is 0.00000205. The van der Waals surface area contributed by atoms with Crippen molar-refractivity contribution in [2.75, 3.05) is 13.1 Å². The zero-order valence-corrected chi connectivity index (χ0v) is 17.8. The molecule has 5 rings (SSSR count). The Morgan fingerprint density at radius 3 is 2.79 bits per heavy atom. The molecule has 1 saturated carbocycles. The second-order valence-electron chi connectivity index (χ2n) is 8.48. The van der Waals surface area contributed by atoms with Crippen LogP contribution in [0.4, 0.5) is 0 Å². The molecule has 2 aliphatic rings. The van der Waals surface area contributed by atoms with Gasteiger partial charge >= 0.3 is 0 Å². The number of hydrogen-bond donors (Lipinski definition) is 1. The van der Waals surface area contributed by atoms with Crippen molar-refractivity contribution < 1.29 is 4.79 Å². The number of hydrogen-bond acceptors (Lipinski definition) is 4. The molecule has 29 heavy (non-hydrogen) atoms. The molecule has 2 fully saturated rings. The molecule has 7 heteroatoms. The Morgan fingerprint density at radius 1 is 1.21 bits per heavy atom. The van der Waals surface area contributed by atoms with Gasteiger partial charge in [-0.2, -0.15) is 5.10 Å². The number of fused-ring (bicyclic) bond motifs is 4. The topological polar surface area (TPSA) is 76.5 Å². The predicted molar refractivity (Wildman–Crippen MR) is 116 cm³/mol. The van der Waals surface area contributed by atoms with Crippen LogP contribution in [0.15, 0.2) is 24.3 Å². The summed E-state index contributed by atoms with van der Waals surface area (Å²) in [6.07, 6.45) is 3.50. The van der Waals surface area contributed by atoms with E-state index in [4.69, 9.17) is 15.8 Å². The van der Waals surface area contributed by atoms with Gasteiger partial charge in [-0.3, -0.25) is 4.79 Å². The van der Waals surface area contributed by atoms with Gasteiger partial charge in [-0.05, 0) is 62.6 Å². The van der Waals surface area contributed by atoms with Crippen LogP contribution in [0, 0.1) is 25.7 Å². The first kappa shape index (κ1) is 20.1. The molecule has 3 unspecified atom stereocenters. The van der Waals surface area contributed by atoms with Gasteiger partial charge in [0.2, 0.25) is 5.91 Å². The lowest BCUT2D eigenvalue weighted by molar-refractivity contribution is -0.130. The third kappa shape index (κ3) is 3.28. The predicted octanol–water partition coefficient (Wildman–Crippen LogP) is 3.05. The minimum Gasteiger partial charge on any atom is -0.342 e. The molecule has 2 N–H and O–H groups in total. The summed E-state index contributed by atoms with van der Waals surface area (Å²) in [6.45, 7) is 5.84. The maximum absolute atomic E-state index is 12.8. The van der Waals surface area contributed by atoms with Crippen molar-refractivity contribution in [2.45, 2.75) is 45.6 Å². The van der Waals surface area contributed by atoms with E-state index in [2.05, 4.69) is 13.0 Å². The summed E-state index contributed by atoms with van der Waals surface area (Å²) in [6, 6.07) is 8.35. The summed E-state index contributed by atoms with van der Waals surface area (Å²) in [5, 5.41) is 5.78. The third-order valence-electron chi connectivity index (χ3n) is 6.87. The van der Waals surface area contributed by atoms with Crippen LogP contribution in [-0.4, -0.2) is 44.5 Å². The number of halogens is 1. The Hall–Kier alpha value is -2.18. The molecule has 6 nitrogen and oxygen atoms in total. The van der Waals surface area contributed by atoms with Crippen LogP contribution < -0.4 is 5.73 Å². The van der Waals surface area contributed by atoms with Crippen LogP contribution in [0.25, 0.3) is 16.6 Å². The molecule has 1 aliphatic carbocycles. The number of carbonyl (C=O) groups excluding carboxylic acids is 1. The van der Waals surface area contributed by atoms with E-state index in [1.807, 2.05) is 34.5 Å². The molecule has 3 heterocycles. The molecule has 1 saturated heterocycles. The smallest absolute Gasteiger partial charge is 0.222 e. The molecule has 0 bridgehead atoms. The van der Waals surface area contributed by atoms with Crippen molar-refractivity contribution in [3.05, 3.63) is 41.2 Å². The summed E-state index contributed by atoms with van der Waals surface area (Å²) < 4.78 is 1.93. The zero-order valence-electron chi connectivity index (χ0n) is 17.0. The fraction of sp³-hybridized carbons (Fsp3) is 0.500. The minimum absolute atomic E-state index is 0. The number of aromatic nitrogens is 3. The van der Waals surface area contributed by atoms with Crippen LogP contribution >= 0.6 is 12.4 Å². The van der Waals surface area contributed by atoms with Crippen molar-refractivity contribution in [3.63, 3.8) is 0 Å². The molecule has 0 radical (unpaired) electrons. The average Bonchev–Trinajstić information content (AvgIpc) is 3.36. The van der Waals surface area contributed by atoms with E-state index in [0.717, 1.165) is 53.0 Å². The minimum atomic E-state index is 0. The van der Waals surface area contributed by atoms with E-state index in [-0.39, 0.29) is 24.4 Å². The van der Waals surface area contributed by atoms with Gasteiger partial charge in [0.25, 0.3) is 0 Å². The van der Waals surface area contributed by atoms with E-state index < -0.39 is 0 Å². The maximum atomic E-state index is 12.8. The molecule has 154 valence electrons. The van der Waals surface area contributed by atoms with Gasteiger partial charge in [0.15, 0.2) is 5.65 Å². The van der Waals surface area contributed by atoms with Gasteiger partial charge in [0.1, 0.15) is 0 Å². The van der Waals surface area contributed by atoms with Gasteiger partial charge in [-0.25, -0.2) is 9.50 Å². The van der Waals surface area contributed by atoms with E-state index in [1.54, 1.807) is 0 Å². The highest BCUT2D eigenvalue weighted by molar-refractivity contribution is 5.92. The monoisotopic (exact) mass is 413 g/mol. The van der Waals surface area contributed by atoms with Gasteiger partial charge < -0.3 is 10.6 Å². The second kappa shape index (κ2) is 7.58. The lowest BCUT2D eigenvalue weighted by Crippen LogP contribution is -2.33. The van der Waals surface area contributed by atoms with Crippen molar-refractivity contribution in [3.8, 4) is 0 Å². The molecular formula is C22H28ClN5O. The average molecular weight is 414 g/mol. The third-order valence-corrected chi connectivity index (χ3v) is 6.87. The van der Waals surface area contributed by atoms with Crippen LogP contribution in [0.3, 0.4) is 0 Å². The van der Waals surface area contributed by atoms with E-state index >= 15 is 0 Å². The van der Waals surface area contributed by atoms with E-state index in [0.29, 0.717) is 24.7 Å². The van der Waals surface area contributed by atoms with Crippen LogP contribution in [0.1, 0.15) is 36.2 Å². The summed E-state index contributed by atoms with van der Waals surface area (Å²) in [5.74, 6) is 1.35. The first-order chi connectivity index (χ1) is 13.5. The Kier molecular flexibility index (Phi) is 5.25. The normalized spacial score (nSPS) is 23.6. The molecule has 1 aromatic carbocycles. The number of rotatable bonds is 3. The van der Waals surface area contributed by atoms with Crippen molar-refractivity contribution in [2.24, 2.45) is 17.6 Å². The maximum Gasteiger partial charge on any atom is 0.222 e. The standard InChI is InChI=1S/C22H27N5O.ClH/c1-13-16(8-10-21(28)26-11-15-7-9-19(23)18(15)12-26)14(2)27-22(24-13)17-5-3-4-6-20(17)25-27;/h3-6,15,18-19H,7-12,23H2,1-2H3;1H. The number of nitrogens with zero attached hydrogens (tertiary/aromatic N) is 4. The summed E-state index contributed by atoms with van der Waals surface area (Å²) >= 11 is 0. The summed E-state index contributed by atoms with van der Waals surface area (Å²) in [4.78, 5) is 19.7. The number of carbonyl (C=O) groups is 1. The number of amides is 1. The molecule has 3 atom stereocenters. The lowest BCUT2D eigenvalue weighted by atomic mass is 9.98. The lowest BCUT2D eigenvalue weighted by Gasteiger charge is -2.19. The van der Waals surface area contributed by atoms with Crippen molar-refractivity contribution in [1.82, 2.24) is 19.5 Å². The van der Waals surface area contributed by atoms with Crippen LogP contribution in [-0.2, 0) is 11.2 Å². The summed E-state index contributed by atoms with van der Waals surface area (Å²) in [7, 11) is 0. The van der Waals surface area contributed by atoms with Gasteiger partial charge in [0, 0.05) is 42.3 Å². The Labute approximate surface area is 176 Å². The van der Waals surface area contributed by atoms with Crippen LogP contribution in [0.2, 0.25) is 0 Å². The largest absolute Gasteiger partial charge is 0.342 e. The van der Waals surface area contributed by atoms with Gasteiger partial charge in [-0.15, -0.1) is 12.4 Å². The SMILES string of the molecule is Cc1nc2c3ccccc3nn2c(C)c1CCC(=O)N1CC2CCC(N)C2C1.Cl. The van der Waals surface area contributed by atoms with Crippen molar-refractivity contribution in [1.29, 1.82) is 0 Å². The van der Waals surface area contributed by atoms with E-state index in [9.17, 15) is 4.79 Å².